The summed E-state index contributed by atoms with van der Waals surface area (Å²) in [6.07, 6.45) is 0.694. The highest BCUT2D eigenvalue weighted by Gasteiger charge is 2.29. The van der Waals surface area contributed by atoms with Crippen LogP contribution in [0.5, 0.6) is 0 Å². The summed E-state index contributed by atoms with van der Waals surface area (Å²) in [7, 11) is 0. The van der Waals surface area contributed by atoms with E-state index in [1.807, 2.05) is 31.2 Å². The van der Waals surface area contributed by atoms with Gasteiger partial charge in [-0.15, -0.1) is 0 Å². The predicted octanol–water partition coefficient (Wildman–Crippen LogP) is 1.45. The van der Waals surface area contributed by atoms with Crippen LogP contribution in [0.1, 0.15) is 23.7 Å². The zero-order valence-corrected chi connectivity index (χ0v) is 14.2. The molecule has 2 aliphatic heterocycles. The molecule has 2 aliphatic rings. The molecular formula is C18H26N2O4. The minimum absolute atomic E-state index is 0.0102. The SMILES string of the molecule is CCO[C@@H]1COCC[C@H]1NC(=O)c1ccccc1N1CCOCC1. The molecule has 132 valence electrons. The zero-order chi connectivity index (χ0) is 16.8. The van der Waals surface area contributed by atoms with Gasteiger partial charge < -0.3 is 24.4 Å². The van der Waals surface area contributed by atoms with E-state index in [9.17, 15) is 4.79 Å². The van der Waals surface area contributed by atoms with E-state index in [0.29, 0.717) is 38.6 Å². The Morgan fingerprint density at radius 3 is 2.83 bits per heavy atom. The van der Waals surface area contributed by atoms with Gasteiger partial charge in [-0.05, 0) is 25.5 Å². The minimum atomic E-state index is -0.0803. The molecule has 0 unspecified atom stereocenters. The second-order valence-corrected chi connectivity index (χ2v) is 6.05. The third-order valence-electron chi connectivity index (χ3n) is 4.50. The average Bonchev–Trinajstić information content (AvgIpc) is 2.64. The van der Waals surface area contributed by atoms with E-state index in [0.717, 1.165) is 25.2 Å². The van der Waals surface area contributed by atoms with Crippen LogP contribution >= 0.6 is 0 Å². The smallest absolute Gasteiger partial charge is 0.253 e. The number of benzene rings is 1. The number of carbonyl (C=O) groups excluding carboxylic acids is 1. The summed E-state index contributed by atoms with van der Waals surface area (Å²) in [4.78, 5) is 15.1. The van der Waals surface area contributed by atoms with Crippen molar-refractivity contribution in [1.82, 2.24) is 5.32 Å². The van der Waals surface area contributed by atoms with Gasteiger partial charge in [-0.2, -0.15) is 0 Å². The molecule has 0 bridgehead atoms. The first-order chi connectivity index (χ1) is 11.8. The van der Waals surface area contributed by atoms with Gasteiger partial charge >= 0.3 is 0 Å². The molecule has 2 atom stereocenters. The van der Waals surface area contributed by atoms with E-state index in [2.05, 4.69) is 10.2 Å². The van der Waals surface area contributed by atoms with Gasteiger partial charge in [0.05, 0.1) is 31.4 Å². The minimum Gasteiger partial charge on any atom is -0.379 e. The molecule has 6 heteroatoms. The standard InChI is InChI=1S/C18H26N2O4/c1-2-24-17-13-23-10-7-15(17)19-18(21)14-5-3-4-6-16(14)20-8-11-22-12-9-20/h3-6,15,17H,2,7-13H2,1H3,(H,19,21)/t15-,17-/m1/s1. The molecule has 0 aliphatic carbocycles. The topological polar surface area (TPSA) is 60.0 Å². The first-order valence-electron chi connectivity index (χ1n) is 8.71. The van der Waals surface area contributed by atoms with Crippen LogP contribution in [-0.2, 0) is 14.2 Å². The fourth-order valence-electron chi connectivity index (χ4n) is 3.25. The lowest BCUT2D eigenvalue weighted by Gasteiger charge is -2.33. The molecule has 0 spiro atoms. The number of carbonyl (C=O) groups is 1. The second kappa shape index (κ2) is 8.46. The van der Waals surface area contributed by atoms with Crippen LogP contribution in [0, 0.1) is 0 Å². The number of anilines is 1. The highest BCUT2D eigenvalue weighted by atomic mass is 16.5. The van der Waals surface area contributed by atoms with Crippen molar-refractivity contribution in [3.05, 3.63) is 29.8 Å². The Hall–Kier alpha value is -1.63. The van der Waals surface area contributed by atoms with Crippen molar-refractivity contribution in [2.45, 2.75) is 25.5 Å². The van der Waals surface area contributed by atoms with Gasteiger partial charge in [-0.3, -0.25) is 4.79 Å². The van der Waals surface area contributed by atoms with Crippen LogP contribution < -0.4 is 10.2 Å². The van der Waals surface area contributed by atoms with Crippen LogP contribution in [-0.4, -0.2) is 64.2 Å². The summed E-state index contributed by atoms with van der Waals surface area (Å²) in [5.41, 5.74) is 1.68. The van der Waals surface area contributed by atoms with Crippen LogP contribution in [0.25, 0.3) is 0 Å². The fraction of sp³-hybridized carbons (Fsp3) is 0.611. The molecule has 1 aromatic carbocycles. The van der Waals surface area contributed by atoms with Gasteiger partial charge in [0.1, 0.15) is 6.10 Å². The van der Waals surface area contributed by atoms with Crippen LogP contribution in [0.2, 0.25) is 0 Å². The third kappa shape index (κ3) is 4.06. The zero-order valence-electron chi connectivity index (χ0n) is 14.2. The van der Waals surface area contributed by atoms with Crippen molar-refractivity contribution in [2.75, 3.05) is 51.0 Å². The molecule has 2 heterocycles. The Balaban J connectivity index is 1.72. The quantitative estimate of drug-likeness (QED) is 0.883. The van der Waals surface area contributed by atoms with Crippen molar-refractivity contribution in [3.63, 3.8) is 0 Å². The van der Waals surface area contributed by atoms with Gasteiger partial charge in [0.25, 0.3) is 5.91 Å². The van der Waals surface area contributed by atoms with Crippen molar-refractivity contribution >= 4 is 11.6 Å². The van der Waals surface area contributed by atoms with Crippen LogP contribution in [0.15, 0.2) is 24.3 Å². The number of para-hydroxylation sites is 1. The van der Waals surface area contributed by atoms with Gasteiger partial charge in [0.15, 0.2) is 0 Å². The Morgan fingerprint density at radius 2 is 2.04 bits per heavy atom. The molecule has 2 saturated heterocycles. The molecule has 6 nitrogen and oxygen atoms in total. The Morgan fingerprint density at radius 1 is 1.25 bits per heavy atom. The van der Waals surface area contributed by atoms with Gasteiger partial charge in [0.2, 0.25) is 0 Å². The Labute approximate surface area is 143 Å². The number of ether oxygens (including phenoxy) is 3. The maximum atomic E-state index is 12.9. The molecule has 0 radical (unpaired) electrons. The highest BCUT2D eigenvalue weighted by Crippen LogP contribution is 2.22. The molecule has 24 heavy (non-hydrogen) atoms. The third-order valence-corrected chi connectivity index (χ3v) is 4.50. The molecule has 2 fully saturated rings. The van der Waals surface area contributed by atoms with E-state index in [4.69, 9.17) is 14.2 Å². The summed E-state index contributed by atoms with van der Waals surface area (Å²) >= 11 is 0. The van der Waals surface area contributed by atoms with Crippen LogP contribution in [0.3, 0.4) is 0 Å². The monoisotopic (exact) mass is 334 g/mol. The summed E-state index contributed by atoms with van der Waals surface area (Å²) < 4.78 is 16.6. The van der Waals surface area contributed by atoms with Crippen molar-refractivity contribution in [1.29, 1.82) is 0 Å². The number of rotatable bonds is 5. The number of morpholine rings is 1. The summed E-state index contributed by atoms with van der Waals surface area (Å²) in [5.74, 6) is -0.0475. The predicted molar refractivity (Wildman–Crippen MR) is 91.6 cm³/mol. The molecule has 1 aromatic rings. The average molecular weight is 334 g/mol. The number of nitrogens with one attached hydrogen (secondary N) is 1. The van der Waals surface area contributed by atoms with Gasteiger partial charge in [0, 0.05) is 32.0 Å². The normalized spacial score (nSPS) is 24.6. The lowest BCUT2D eigenvalue weighted by Crippen LogP contribution is -2.50. The number of hydrogen-bond donors (Lipinski definition) is 1. The van der Waals surface area contributed by atoms with Crippen molar-refractivity contribution in [2.24, 2.45) is 0 Å². The number of hydrogen-bond acceptors (Lipinski definition) is 5. The van der Waals surface area contributed by atoms with E-state index in [1.54, 1.807) is 0 Å². The largest absolute Gasteiger partial charge is 0.379 e. The van der Waals surface area contributed by atoms with Crippen molar-refractivity contribution < 1.29 is 19.0 Å². The summed E-state index contributed by atoms with van der Waals surface area (Å²) in [6, 6.07) is 7.75. The maximum absolute atomic E-state index is 12.9. The van der Waals surface area contributed by atoms with E-state index in [-0.39, 0.29) is 18.1 Å². The number of nitrogens with zero attached hydrogens (tertiary/aromatic N) is 1. The van der Waals surface area contributed by atoms with E-state index < -0.39 is 0 Å². The lowest BCUT2D eigenvalue weighted by molar-refractivity contribution is -0.0632. The first kappa shape index (κ1) is 17.2. The lowest BCUT2D eigenvalue weighted by atomic mass is 10.0. The van der Waals surface area contributed by atoms with E-state index in [1.165, 1.54) is 0 Å². The van der Waals surface area contributed by atoms with E-state index >= 15 is 0 Å². The number of amides is 1. The Kier molecular flexibility index (Phi) is 6.07. The molecule has 1 N–H and O–H groups in total. The van der Waals surface area contributed by atoms with Gasteiger partial charge in [-0.25, -0.2) is 0 Å². The van der Waals surface area contributed by atoms with Crippen LogP contribution in [0.4, 0.5) is 5.69 Å². The molecular weight excluding hydrogens is 308 g/mol. The highest BCUT2D eigenvalue weighted by molar-refractivity contribution is 6.00. The molecule has 0 aromatic heterocycles. The fourth-order valence-corrected chi connectivity index (χ4v) is 3.25. The molecule has 3 rings (SSSR count). The summed E-state index contributed by atoms with van der Waals surface area (Å²) in [5, 5.41) is 3.15. The van der Waals surface area contributed by atoms with Crippen molar-refractivity contribution in [3.8, 4) is 0 Å². The maximum Gasteiger partial charge on any atom is 0.253 e. The molecule has 0 saturated carbocycles. The molecule has 1 amide bonds. The van der Waals surface area contributed by atoms with Gasteiger partial charge in [-0.1, -0.05) is 12.1 Å². The second-order valence-electron chi connectivity index (χ2n) is 6.05. The first-order valence-corrected chi connectivity index (χ1v) is 8.71. The summed E-state index contributed by atoms with van der Waals surface area (Å²) in [6.45, 7) is 6.77. The Bertz CT molecular complexity index is 544.